The first kappa shape index (κ1) is 14.0. The Bertz CT molecular complexity index is 751. The average Bonchev–Trinajstić information content (AvgIpc) is 2.91. The Kier molecular flexibility index (Phi) is 4.18. The van der Waals surface area contributed by atoms with Crippen LogP contribution in [0.3, 0.4) is 0 Å². The number of nitrogens with two attached hydrogens (primary N) is 1. The molecular formula is C17H18N2OS. The van der Waals surface area contributed by atoms with Crippen LogP contribution in [-0.4, -0.2) is 18.1 Å². The molecule has 0 saturated heterocycles. The van der Waals surface area contributed by atoms with Crippen LogP contribution in [0.25, 0.3) is 20.8 Å². The van der Waals surface area contributed by atoms with Gasteiger partial charge in [0.2, 0.25) is 0 Å². The quantitative estimate of drug-likeness (QED) is 0.778. The van der Waals surface area contributed by atoms with E-state index in [2.05, 4.69) is 30.3 Å². The van der Waals surface area contributed by atoms with E-state index in [1.807, 2.05) is 19.1 Å². The first-order chi connectivity index (χ1) is 10.3. The Morgan fingerprint density at radius 3 is 2.90 bits per heavy atom. The van der Waals surface area contributed by atoms with E-state index in [0.29, 0.717) is 13.2 Å². The average molecular weight is 298 g/mol. The number of ether oxygens (including phenoxy) is 1. The largest absolute Gasteiger partial charge is 0.494 e. The molecule has 0 aliphatic carbocycles. The molecule has 0 unspecified atom stereocenters. The molecule has 0 saturated carbocycles. The van der Waals surface area contributed by atoms with Crippen LogP contribution in [0.5, 0.6) is 5.75 Å². The number of hydrogen-bond donors (Lipinski definition) is 1. The molecule has 21 heavy (non-hydrogen) atoms. The predicted octanol–water partition coefficient (Wildman–Crippen LogP) is 3.86. The monoisotopic (exact) mass is 298 g/mol. The summed E-state index contributed by atoms with van der Waals surface area (Å²) in [4.78, 5) is 4.72. The fourth-order valence-electron chi connectivity index (χ4n) is 2.31. The molecule has 0 bridgehead atoms. The van der Waals surface area contributed by atoms with Crippen LogP contribution in [0.4, 0.5) is 0 Å². The maximum Gasteiger partial charge on any atom is 0.124 e. The molecule has 0 aliphatic rings. The summed E-state index contributed by atoms with van der Waals surface area (Å²) in [5, 5.41) is 1.04. The summed E-state index contributed by atoms with van der Waals surface area (Å²) in [6.45, 7) is 3.34. The van der Waals surface area contributed by atoms with Crippen LogP contribution in [-0.2, 0) is 6.42 Å². The molecule has 2 aromatic carbocycles. The zero-order valence-electron chi connectivity index (χ0n) is 12.0. The summed E-state index contributed by atoms with van der Waals surface area (Å²) in [7, 11) is 0. The third kappa shape index (κ3) is 3.06. The summed E-state index contributed by atoms with van der Waals surface area (Å²) >= 11 is 1.69. The van der Waals surface area contributed by atoms with E-state index in [0.717, 1.165) is 33.0 Å². The minimum Gasteiger partial charge on any atom is -0.494 e. The molecule has 3 aromatic rings. The number of benzene rings is 2. The summed E-state index contributed by atoms with van der Waals surface area (Å²) in [5.41, 5.74) is 9.05. The molecule has 2 N–H and O–H groups in total. The molecule has 3 rings (SSSR count). The van der Waals surface area contributed by atoms with Crippen LogP contribution >= 0.6 is 11.3 Å². The van der Waals surface area contributed by atoms with Crippen molar-refractivity contribution in [2.24, 2.45) is 5.73 Å². The number of nitrogens with zero attached hydrogens (tertiary/aromatic N) is 1. The van der Waals surface area contributed by atoms with Gasteiger partial charge in [-0.2, -0.15) is 0 Å². The first-order valence-electron chi connectivity index (χ1n) is 7.13. The maximum atomic E-state index is 5.63. The fraction of sp³-hybridized carbons (Fsp3) is 0.235. The molecular weight excluding hydrogens is 280 g/mol. The molecule has 1 aromatic heterocycles. The van der Waals surface area contributed by atoms with E-state index in [9.17, 15) is 0 Å². The second-order valence-corrected chi connectivity index (χ2v) is 5.85. The summed E-state index contributed by atoms with van der Waals surface area (Å²) in [6, 6.07) is 14.5. The lowest BCUT2D eigenvalue weighted by atomic mass is 10.1. The second kappa shape index (κ2) is 6.24. The van der Waals surface area contributed by atoms with Crippen LogP contribution in [0, 0.1) is 0 Å². The highest BCUT2D eigenvalue weighted by molar-refractivity contribution is 7.21. The number of fused-ring (bicyclic) bond motifs is 1. The van der Waals surface area contributed by atoms with Crippen molar-refractivity contribution in [3.63, 3.8) is 0 Å². The Balaban J connectivity index is 1.98. The van der Waals surface area contributed by atoms with Gasteiger partial charge in [0.1, 0.15) is 10.8 Å². The van der Waals surface area contributed by atoms with Gasteiger partial charge in [-0.05, 0) is 49.7 Å². The number of hydrogen-bond acceptors (Lipinski definition) is 4. The highest BCUT2D eigenvalue weighted by Crippen LogP contribution is 2.32. The van der Waals surface area contributed by atoms with Gasteiger partial charge in [0, 0.05) is 5.56 Å². The number of thiazole rings is 1. The smallest absolute Gasteiger partial charge is 0.124 e. The van der Waals surface area contributed by atoms with E-state index in [1.54, 1.807) is 11.3 Å². The Hall–Kier alpha value is -1.91. The van der Waals surface area contributed by atoms with Crippen molar-refractivity contribution >= 4 is 21.6 Å². The van der Waals surface area contributed by atoms with Gasteiger partial charge in [0.05, 0.1) is 16.8 Å². The van der Waals surface area contributed by atoms with Gasteiger partial charge in [0.25, 0.3) is 0 Å². The number of rotatable bonds is 5. The highest BCUT2D eigenvalue weighted by atomic mass is 32.1. The molecule has 0 radical (unpaired) electrons. The molecule has 108 valence electrons. The standard InChI is InChI=1S/C17H18N2OS/c1-2-20-14-6-7-15-16(11-14)21-17(19-15)13-5-3-4-12(10-13)8-9-18/h3-7,10-11H,2,8-9,18H2,1H3. The van der Waals surface area contributed by atoms with Gasteiger partial charge < -0.3 is 10.5 Å². The van der Waals surface area contributed by atoms with Crippen LogP contribution < -0.4 is 10.5 Å². The molecule has 0 atom stereocenters. The molecule has 0 fully saturated rings. The fourth-order valence-corrected chi connectivity index (χ4v) is 3.30. The maximum absolute atomic E-state index is 5.63. The van der Waals surface area contributed by atoms with Crippen LogP contribution in [0.15, 0.2) is 42.5 Å². The second-order valence-electron chi connectivity index (χ2n) is 4.82. The van der Waals surface area contributed by atoms with Crippen LogP contribution in [0.1, 0.15) is 12.5 Å². The lowest BCUT2D eigenvalue weighted by Crippen LogP contribution is -2.02. The summed E-state index contributed by atoms with van der Waals surface area (Å²) in [5.74, 6) is 0.900. The van der Waals surface area contributed by atoms with E-state index in [-0.39, 0.29) is 0 Å². The van der Waals surface area contributed by atoms with Crippen molar-refractivity contribution in [1.82, 2.24) is 4.98 Å². The third-order valence-electron chi connectivity index (χ3n) is 3.28. The number of aromatic nitrogens is 1. The van der Waals surface area contributed by atoms with Crippen molar-refractivity contribution in [2.75, 3.05) is 13.2 Å². The van der Waals surface area contributed by atoms with Crippen molar-refractivity contribution in [3.05, 3.63) is 48.0 Å². The van der Waals surface area contributed by atoms with Gasteiger partial charge in [0.15, 0.2) is 0 Å². The summed E-state index contributed by atoms with van der Waals surface area (Å²) in [6.07, 6.45) is 0.896. The molecule has 3 nitrogen and oxygen atoms in total. The van der Waals surface area contributed by atoms with E-state index in [1.165, 1.54) is 5.56 Å². The molecule has 1 heterocycles. The van der Waals surface area contributed by atoms with Gasteiger partial charge in [-0.3, -0.25) is 0 Å². The lowest BCUT2D eigenvalue weighted by molar-refractivity contribution is 0.341. The van der Waals surface area contributed by atoms with Gasteiger partial charge in [-0.25, -0.2) is 4.98 Å². The van der Waals surface area contributed by atoms with Crippen LogP contribution in [0.2, 0.25) is 0 Å². The predicted molar refractivity (Wildman–Crippen MR) is 89.0 cm³/mol. The van der Waals surface area contributed by atoms with Crippen molar-refractivity contribution in [3.8, 4) is 16.3 Å². The van der Waals surface area contributed by atoms with E-state index >= 15 is 0 Å². The Labute approximate surface area is 128 Å². The van der Waals surface area contributed by atoms with E-state index < -0.39 is 0 Å². The Morgan fingerprint density at radius 1 is 1.19 bits per heavy atom. The molecule has 0 amide bonds. The SMILES string of the molecule is CCOc1ccc2nc(-c3cccc(CCN)c3)sc2c1. The van der Waals surface area contributed by atoms with E-state index in [4.69, 9.17) is 15.5 Å². The highest BCUT2D eigenvalue weighted by Gasteiger charge is 2.08. The topological polar surface area (TPSA) is 48.1 Å². The zero-order valence-corrected chi connectivity index (χ0v) is 12.8. The zero-order chi connectivity index (χ0) is 14.7. The van der Waals surface area contributed by atoms with Crippen molar-refractivity contribution in [1.29, 1.82) is 0 Å². The minimum atomic E-state index is 0.668. The van der Waals surface area contributed by atoms with Crippen molar-refractivity contribution < 1.29 is 4.74 Å². The first-order valence-corrected chi connectivity index (χ1v) is 7.94. The molecule has 0 aliphatic heterocycles. The normalized spacial score (nSPS) is 11.0. The molecule has 0 spiro atoms. The lowest BCUT2D eigenvalue weighted by Gasteiger charge is -2.01. The van der Waals surface area contributed by atoms with Gasteiger partial charge in [-0.15, -0.1) is 11.3 Å². The van der Waals surface area contributed by atoms with Gasteiger partial charge >= 0.3 is 0 Å². The summed E-state index contributed by atoms with van der Waals surface area (Å²) < 4.78 is 6.70. The molecule has 4 heteroatoms. The Morgan fingerprint density at radius 2 is 2.10 bits per heavy atom. The third-order valence-corrected chi connectivity index (χ3v) is 4.35. The van der Waals surface area contributed by atoms with Gasteiger partial charge in [-0.1, -0.05) is 18.2 Å². The van der Waals surface area contributed by atoms with Crippen molar-refractivity contribution in [2.45, 2.75) is 13.3 Å². The minimum absolute atomic E-state index is 0.668.